The lowest BCUT2D eigenvalue weighted by atomic mass is 10.1. The number of benzene rings is 1. The van der Waals surface area contributed by atoms with E-state index in [1.165, 1.54) is 0 Å². The molecule has 0 saturated carbocycles. The summed E-state index contributed by atoms with van der Waals surface area (Å²) in [6, 6.07) is 8.07. The van der Waals surface area contributed by atoms with Gasteiger partial charge in [-0.25, -0.2) is 9.97 Å². The van der Waals surface area contributed by atoms with Crippen LogP contribution in [0.1, 0.15) is 11.3 Å². The van der Waals surface area contributed by atoms with Crippen LogP contribution in [0.4, 0.5) is 5.82 Å². The first kappa shape index (κ1) is 14.0. The molecule has 0 amide bonds. The maximum Gasteiger partial charge on any atom is 0.161 e. The molecule has 0 atom stereocenters. The highest BCUT2D eigenvalue weighted by atomic mass is 79.9. The highest BCUT2D eigenvalue weighted by Crippen LogP contribution is 2.26. The number of aryl methyl sites for hydroxylation is 1. The van der Waals surface area contributed by atoms with E-state index in [0.29, 0.717) is 12.4 Å². The summed E-state index contributed by atoms with van der Waals surface area (Å²) in [6.07, 6.45) is 0. The van der Waals surface area contributed by atoms with Crippen molar-refractivity contribution in [3.63, 3.8) is 0 Å². The highest BCUT2D eigenvalue weighted by molar-refractivity contribution is 9.10. The Kier molecular flexibility index (Phi) is 4.50. The number of rotatable bonds is 4. The average Bonchev–Trinajstić information content (AvgIpc) is 2.43. The fourth-order valence-corrected chi connectivity index (χ4v) is 2.15. The lowest BCUT2D eigenvalue weighted by molar-refractivity contribution is 0.185. The molecule has 1 heterocycles. The first-order chi connectivity index (χ1) is 9.15. The Balaban J connectivity index is 2.38. The fraction of sp³-hybridized carbons (Fsp3) is 0.286. The Morgan fingerprint density at radius 3 is 2.47 bits per heavy atom. The van der Waals surface area contributed by atoms with Crippen molar-refractivity contribution in [1.29, 1.82) is 0 Å². The third kappa shape index (κ3) is 3.11. The van der Waals surface area contributed by atoms with Crippen LogP contribution in [0.15, 0.2) is 28.7 Å². The van der Waals surface area contributed by atoms with Gasteiger partial charge in [0.2, 0.25) is 0 Å². The Hall–Kier alpha value is -1.46. The largest absolute Gasteiger partial charge is 0.380 e. The van der Waals surface area contributed by atoms with Crippen molar-refractivity contribution >= 4 is 21.7 Å². The van der Waals surface area contributed by atoms with Gasteiger partial charge in [0, 0.05) is 19.7 Å². The van der Waals surface area contributed by atoms with E-state index in [1.54, 1.807) is 7.11 Å². The van der Waals surface area contributed by atoms with E-state index < -0.39 is 0 Å². The summed E-state index contributed by atoms with van der Waals surface area (Å²) >= 11 is 3.48. The van der Waals surface area contributed by atoms with Crippen LogP contribution in [0.3, 0.4) is 0 Å². The summed E-state index contributed by atoms with van der Waals surface area (Å²) in [7, 11) is 3.53. The minimum atomic E-state index is 0.613. The second kappa shape index (κ2) is 6.12. The molecule has 100 valence electrons. The molecule has 0 radical (unpaired) electrons. The van der Waals surface area contributed by atoms with Gasteiger partial charge in [-0.3, -0.25) is 0 Å². The van der Waals surface area contributed by atoms with E-state index in [2.05, 4.69) is 31.2 Å². The molecule has 1 aromatic heterocycles. The third-order valence-corrected chi connectivity index (χ3v) is 3.73. The molecule has 0 fully saturated rings. The average molecular weight is 322 g/mol. The molecular weight excluding hydrogens is 306 g/mol. The minimum absolute atomic E-state index is 0.613. The van der Waals surface area contributed by atoms with Gasteiger partial charge in [-0.15, -0.1) is 0 Å². The van der Waals surface area contributed by atoms with Crippen molar-refractivity contribution in [2.75, 3.05) is 19.5 Å². The molecule has 1 N–H and O–H groups in total. The Morgan fingerprint density at radius 2 is 1.89 bits per heavy atom. The number of hydrogen-bond donors (Lipinski definition) is 1. The number of ether oxygens (including phenoxy) is 1. The number of nitrogens with zero attached hydrogens (tertiary/aromatic N) is 2. The van der Waals surface area contributed by atoms with Gasteiger partial charge in [-0.05, 0) is 28.4 Å². The fourth-order valence-electron chi connectivity index (χ4n) is 1.77. The molecule has 5 heteroatoms. The van der Waals surface area contributed by atoms with Gasteiger partial charge < -0.3 is 10.1 Å². The zero-order chi connectivity index (χ0) is 13.8. The lowest BCUT2D eigenvalue weighted by Gasteiger charge is -2.09. The van der Waals surface area contributed by atoms with Crippen molar-refractivity contribution in [3.05, 3.63) is 40.0 Å². The summed E-state index contributed by atoms with van der Waals surface area (Å²) < 4.78 is 6.00. The normalized spacial score (nSPS) is 10.5. The molecule has 0 bridgehead atoms. The maximum atomic E-state index is 5.10. The highest BCUT2D eigenvalue weighted by Gasteiger charge is 2.09. The van der Waals surface area contributed by atoms with Gasteiger partial charge in [-0.2, -0.15) is 0 Å². The number of halogens is 1. The van der Waals surface area contributed by atoms with E-state index in [4.69, 9.17) is 4.74 Å². The van der Waals surface area contributed by atoms with Crippen LogP contribution >= 0.6 is 15.9 Å². The summed E-state index contributed by atoms with van der Waals surface area (Å²) in [5.41, 5.74) is 3.04. The van der Waals surface area contributed by atoms with Crippen molar-refractivity contribution in [3.8, 4) is 11.4 Å². The molecule has 0 saturated heterocycles. The van der Waals surface area contributed by atoms with Gasteiger partial charge in [0.25, 0.3) is 0 Å². The van der Waals surface area contributed by atoms with E-state index in [0.717, 1.165) is 27.1 Å². The molecule has 4 nitrogen and oxygen atoms in total. The number of hydrogen-bond acceptors (Lipinski definition) is 4. The predicted molar refractivity (Wildman–Crippen MR) is 80.2 cm³/mol. The second-order valence-electron chi connectivity index (χ2n) is 4.18. The zero-order valence-electron chi connectivity index (χ0n) is 11.2. The van der Waals surface area contributed by atoms with E-state index >= 15 is 0 Å². The van der Waals surface area contributed by atoms with Crippen LogP contribution in [0.25, 0.3) is 11.4 Å². The first-order valence-corrected chi connectivity index (χ1v) is 6.75. The topological polar surface area (TPSA) is 47.0 Å². The van der Waals surface area contributed by atoms with Crippen molar-refractivity contribution in [2.45, 2.75) is 13.5 Å². The first-order valence-electron chi connectivity index (χ1n) is 5.96. The van der Waals surface area contributed by atoms with Gasteiger partial charge in [-0.1, -0.05) is 24.3 Å². The quantitative estimate of drug-likeness (QED) is 0.937. The van der Waals surface area contributed by atoms with Crippen LogP contribution in [0, 0.1) is 6.92 Å². The van der Waals surface area contributed by atoms with Crippen LogP contribution < -0.4 is 5.32 Å². The Morgan fingerprint density at radius 1 is 1.21 bits per heavy atom. The standard InChI is InChI=1S/C14H16BrN3O/c1-9-12(15)14(16-2)18-13(17-9)11-6-4-10(5-7-11)8-19-3/h4-7H,8H2,1-3H3,(H,16,17,18). The lowest BCUT2D eigenvalue weighted by Crippen LogP contribution is -2.00. The summed E-state index contributed by atoms with van der Waals surface area (Å²) in [6.45, 7) is 2.57. The molecule has 2 rings (SSSR count). The number of aromatic nitrogens is 2. The number of anilines is 1. The molecule has 0 aliphatic heterocycles. The predicted octanol–water partition coefficient (Wildman–Crippen LogP) is 3.40. The smallest absolute Gasteiger partial charge is 0.161 e. The molecular formula is C14H16BrN3O. The molecule has 0 aliphatic carbocycles. The van der Waals surface area contributed by atoms with E-state index in [9.17, 15) is 0 Å². The van der Waals surface area contributed by atoms with E-state index in [-0.39, 0.29) is 0 Å². The molecule has 1 aromatic carbocycles. The van der Waals surface area contributed by atoms with Crippen molar-refractivity contribution in [2.24, 2.45) is 0 Å². The summed E-state index contributed by atoms with van der Waals surface area (Å²) in [4.78, 5) is 9.00. The monoisotopic (exact) mass is 321 g/mol. The number of nitrogens with one attached hydrogen (secondary N) is 1. The van der Waals surface area contributed by atoms with Gasteiger partial charge >= 0.3 is 0 Å². The Labute approximate surface area is 121 Å². The summed E-state index contributed by atoms with van der Waals surface area (Å²) in [5.74, 6) is 1.51. The zero-order valence-corrected chi connectivity index (χ0v) is 12.8. The van der Waals surface area contributed by atoms with Crippen molar-refractivity contribution in [1.82, 2.24) is 9.97 Å². The van der Waals surface area contributed by atoms with Crippen LogP contribution in [-0.2, 0) is 11.3 Å². The van der Waals surface area contributed by atoms with Gasteiger partial charge in [0.05, 0.1) is 16.8 Å². The van der Waals surface area contributed by atoms with Gasteiger partial charge in [0.15, 0.2) is 5.82 Å². The Bertz CT molecular complexity index is 570. The second-order valence-corrected chi connectivity index (χ2v) is 4.97. The van der Waals surface area contributed by atoms with Crippen LogP contribution in [-0.4, -0.2) is 24.1 Å². The van der Waals surface area contributed by atoms with Gasteiger partial charge in [0.1, 0.15) is 5.82 Å². The summed E-state index contributed by atoms with van der Waals surface area (Å²) in [5, 5.41) is 3.06. The molecule has 2 aromatic rings. The number of methoxy groups -OCH3 is 1. The molecule has 19 heavy (non-hydrogen) atoms. The SMILES string of the molecule is CNc1nc(-c2ccc(COC)cc2)nc(C)c1Br. The van der Waals surface area contributed by atoms with E-state index in [1.807, 2.05) is 38.2 Å². The third-order valence-electron chi connectivity index (χ3n) is 2.78. The van der Waals surface area contributed by atoms with Crippen LogP contribution in [0.5, 0.6) is 0 Å². The van der Waals surface area contributed by atoms with Crippen LogP contribution in [0.2, 0.25) is 0 Å². The maximum absolute atomic E-state index is 5.10. The minimum Gasteiger partial charge on any atom is -0.380 e. The molecule has 0 aliphatic rings. The molecule has 0 spiro atoms. The van der Waals surface area contributed by atoms with Crippen molar-refractivity contribution < 1.29 is 4.74 Å². The molecule has 0 unspecified atom stereocenters.